The number of carbonyl (C=O) groups excluding carboxylic acids is 1. The molecule has 0 radical (unpaired) electrons. The van der Waals surface area contributed by atoms with Gasteiger partial charge in [-0.25, -0.2) is 4.39 Å². The van der Waals surface area contributed by atoms with Crippen LogP contribution in [0.4, 0.5) is 10.1 Å². The summed E-state index contributed by atoms with van der Waals surface area (Å²) in [5, 5.41) is 12.2. The zero-order chi connectivity index (χ0) is 23.8. The maximum atomic E-state index is 13.4. The molecule has 0 saturated carbocycles. The Hall–Kier alpha value is -3.15. The highest BCUT2D eigenvalue weighted by Crippen LogP contribution is 2.38. The highest BCUT2D eigenvalue weighted by molar-refractivity contribution is 9.10. The number of rotatable bonds is 8. The van der Waals surface area contributed by atoms with Crippen molar-refractivity contribution < 1.29 is 18.7 Å². The van der Waals surface area contributed by atoms with Crippen LogP contribution in [0.1, 0.15) is 18.1 Å². The SMILES string of the molecule is CCOc1cc(/C=C(\C#N)C(=O)Nc2ccc(Br)cc2)cc(Br)c1OCc1cccc(F)c1. The average molecular weight is 574 g/mol. The third kappa shape index (κ3) is 6.91. The highest BCUT2D eigenvalue weighted by Gasteiger charge is 2.15. The van der Waals surface area contributed by atoms with Crippen LogP contribution >= 0.6 is 31.9 Å². The van der Waals surface area contributed by atoms with Crippen LogP contribution in [0.5, 0.6) is 11.5 Å². The summed E-state index contributed by atoms with van der Waals surface area (Å²) < 4.78 is 26.5. The third-order valence-corrected chi connectivity index (χ3v) is 5.50. The number of amides is 1. The van der Waals surface area contributed by atoms with Crippen LogP contribution in [-0.4, -0.2) is 12.5 Å². The molecule has 1 amide bonds. The van der Waals surface area contributed by atoms with E-state index in [0.29, 0.717) is 39.4 Å². The van der Waals surface area contributed by atoms with E-state index in [4.69, 9.17) is 9.47 Å². The second-order valence-corrected chi connectivity index (χ2v) is 8.58. The Kier molecular flexibility index (Phi) is 8.64. The molecule has 0 aromatic heterocycles. The van der Waals surface area contributed by atoms with Crippen molar-refractivity contribution in [2.45, 2.75) is 13.5 Å². The smallest absolute Gasteiger partial charge is 0.266 e. The van der Waals surface area contributed by atoms with Crippen LogP contribution < -0.4 is 14.8 Å². The molecular weight excluding hydrogens is 555 g/mol. The first kappa shape index (κ1) is 24.5. The summed E-state index contributed by atoms with van der Waals surface area (Å²) in [6.07, 6.45) is 1.47. The number of nitriles is 1. The van der Waals surface area contributed by atoms with E-state index in [1.807, 2.05) is 13.0 Å². The van der Waals surface area contributed by atoms with Gasteiger partial charge in [-0.1, -0.05) is 28.1 Å². The van der Waals surface area contributed by atoms with E-state index in [2.05, 4.69) is 37.2 Å². The number of carbonyl (C=O) groups is 1. The lowest BCUT2D eigenvalue weighted by molar-refractivity contribution is -0.112. The number of benzene rings is 3. The van der Waals surface area contributed by atoms with Crippen molar-refractivity contribution in [3.8, 4) is 17.6 Å². The van der Waals surface area contributed by atoms with Gasteiger partial charge in [-0.05, 0) is 88.6 Å². The monoisotopic (exact) mass is 572 g/mol. The molecule has 0 fully saturated rings. The largest absolute Gasteiger partial charge is 0.490 e. The van der Waals surface area contributed by atoms with Crippen molar-refractivity contribution in [2.75, 3.05) is 11.9 Å². The first-order chi connectivity index (χ1) is 15.9. The van der Waals surface area contributed by atoms with Crippen molar-refractivity contribution in [2.24, 2.45) is 0 Å². The van der Waals surface area contributed by atoms with Crippen LogP contribution in [0, 0.1) is 17.1 Å². The van der Waals surface area contributed by atoms with Crippen molar-refractivity contribution in [3.63, 3.8) is 0 Å². The van der Waals surface area contributed by atoms with E-state index in [0.717, 1.165) is 4.47 Å². The van der Waals surface area contributed by atoms with Crippen molar-refractivity contribution in [1.82, 2.24) is 0 Å². The molecule has 0 unspecified atom stereocenters. The molecule has 0 spiro atoms. The molecule has 0 aliphatic heterocycles. The van der Waals surface area contributed by atoms with Crippen LogP contribution in [0.2, 0.25) is 0 Å². The maximum absolute atomic E-state index is 13.4. The lowest BCUT2D eigenvalue weighted by atomic mass is 10.1. The Morgan fingerprint density at radius 3 is 2.55 bits per heavy atom. The molecular formula is C25H19Br2FN2O3. The van der Waals surface area contributed by atoms with Gasteiger partial charge in [0.15, 0.2) is 11.5 Å². The van der Waals surface area contributed by atoms with E-state index < -0.39 is 5.91 Å². The minimum Gasteiger partial charge on any atom is -0.490 e. The van der Waals surface area contributed by atoms with Gasteiger partial charge in [0.1, 0.15) is 24.1 Å². The molecule has 3 aromatic carbocycles. The van der Waals surface area contributed by atoms with Gasteiger partial charge in [-0.2, -0.15) is 5.26 Å². The second kappa shape index (κ2) is 11.6. The van der Waals surface area contributed by atoms with Gasteiger partial charge in [0.2, 0.25) is 0 Å². The Balaban J connectivity index is 1.84. The van der Waals surface area contributed by atoms with Crippen LogP contribution in [-0.2, 0) is 11.4 Å². The first-order valence-corrected chi connectivity index (χ1v) is 11.5. The van der Waals surface area contributed by atoms with E-state index in [9.17, 15) is 14.4 Å². The molecule has 3 rings (SSSR count). The van der Waals surface area contributed by atoms with E-state index in [1.54, 1.807) is 48.5 Å². The van der Waals surface area contributed by atoms with Crippen molar-refractivity contribution >= 4 is 49.5 Å². The second-order valence-electron chi connectivity index (χ2n) is 6.81. The van der Waals surface area contributed by atoms with Crippen LogP contribution in [0.15, 0.2) is 75.2 Å². The van der Waals surface area contributed by atoms with Gasteiger partial charge < -0.3 is 14.8 Å². The van der Waals surface area contributed by atoms with Gasteiger partial charge >= 0.3 is 0 Å². The molecule has 33 heavy (non-hydrogen) atoms. The number of hydrogen-bond donors (Lipinski definition) is 1. The molecule has 5 nitrogen and oxygen atoms in total. The molecule has 3 aromatic rings. The molecule has 1 N–H and O–H groups in total. The third-order valence-electron chi connectivity index (χ3n) is 4.38. The topological polar surface area (TPSA) is 71.3 Å². The normalized spacial score (nSPS) is 10.9. The number of ether oxygens (including phenoxy) is 2. The van der Waals surface area contributed by atoms with E-state index in [1.165, 1.54) is 18.2 Å². The summed E-state index contributed by atoms with van der Waals surface area (Å²) in [6, 6.07) is 18.5. The Bertz CT molecular complexity index is 1220. The zero-order valence-electron chi connectivity index (χ0n) is 17.6. The molecule has 0 aliphatic rings. The van der Waals surface area contributed by atoms with E-state index >= 15 is 0 Å². The van der Waals surface area contributed by atoms with Gasteiger partial charge in [0, 0.05) is 10.2 Å². The number of nitrogens with one attached hydrogen (secondary N) is 1. The minimum atomic E-state index is -0.527. The molecule has 0 heterocycles. The number of anilines is 1. The molecule has 168 valence electrons. The summed E-state index contributed by atoms with van der Waals surface area (Å²) in [5.74, 6) is 0.00248. The Morgan fingerprint density at radius 2 is 1.88 bits per heavy atom. The Morgan fingerprint density at radius 1 is 1.12 bits per heavy atom. The predicted molar refractivity (Wildman–Crippen MR) is 132 cm³/mol. The van der Waals surface area contributed by atoms with Gasteiger partial charge in [0.05, 0.1) is 11.1 Å². The molecule has 0 saturated heterocycles. The van der Waals surface area contributed by atoms with Crippen molar-refractivity contribution in [1.29, 1.82) is 5.26 Å². The minimum absolute atomic E-state index is 0.0688. The fraction of sp³-hybridized carbons (Fsp3) is 0.120. The van der Waals surface area contributed by atoms with Crippen LogP contribution in [0.25, 0.3) is 6.08 Å². The van der Waals surface area contributed by atoms with Crippen LogP contribution in [0.3, 0.4) is 0 Å². The zero-order valence-corrected chi connectivity index (χ0v) is 20.7. The maximum Gasteiger partial charge on any atom is 0.266 e. The molecule has 8 heteroatoms. The fourth-order valence-corrected chi connectivity index (χ4v) is 3.74. The standard InChI is InChI=1S/C25H19Br2FN2O3/c1-2-32-23-13-17(10-18(14-29)25(31)30-21-8-6-19(26)7-9-21)12-22(27)24(23)33-15-16-4-3-5-20(28)11-16/h3-13H,2,15H2,1H3,(H,30,31)/b18-10+. The lowest BCUT2D eigenvalue weighted by Gasteiger charge is -2.15. The fourth-order valence-electron chi connectivity index (χ4n) is 2.90. The number of halogens is 3. The summed E-state index contributed by atoms with van der Waals surface area (Å²) in [7, 11) is 0. The Labute approximate surface area is 208 Å². The van der Waals surface area contributed by atoms with Gasteiger partial charge in [0.25, 0.3) is 5.91 Å². The number of nitrogens with zero attached hydrogens (tertiary/aromatic N) is 1. The number of hydrogen-bond acceptors (Lipinski definition) is 4. The first-order valence-electron chi connectivity index (χ1n) is 9.92. The summed E-state index contributed by atoms with van der Waals surface area (Å²) >= 11 is 6.81. The van der Waals surface area contributed by atoms with Gasteiger partial charge in [-0.3, -0.25) is 4.79 Å². The summed E-state index contributed by atoms with van der Waals surface area (Å²) in [4.78, 5) is 12.6. The average Bonchev–Trinajstić information content (AvgIpc) is 2.78. The van der Waals surface area contributed by atoms with E-state index in [-0.39, 0.29) is 18.0 Å². The highest BCUT2D eigenvalue weighted by atomic mass is 79.9. The summed E-state index contributed by atoms with van der Waals surface area (Å²) in [6.45, 7) is 2.36. The summed E-state index contributed by atoms with van der Waals surface area (Å²) in [5.41, 5.74) is 1.75. The molecule has 0 atom stereocenters. The van der Waals surface area contributed by atoms with Gasteiger partial charge in [-0.15, -0.1) is 0 Å². The predicted octanol–water partition coefficient (Wildman–Crippen LogP) is 6.87. The quantitative estimate of drug-likeness (QED) is 0.236. The van der Waals surface area contributed by atoms with Crippen molar-refractivity contribution in [3.05, 3.63) is 92.1 Å². The lowest BCUT2D eigenvalue weighted by Crippen LogP contribution is -2.13. The molecule has 0 aliphatic carbocycles. The molecule has 0 bridgehead atoms.